The summed E-state index contributed by atoms with van der Waals surface area (Å²) in [6.45, 7) is 14.5. The lowest BCUT2D eigenvalue weighted by Gasteiger charge is -2.62. The molecule has 0 heterocycles. The molecule has 5 aliphatic carbocycles. The molecule has 5 rings (SSSR count). The van der Waals surface area contributed by atoms with Crippen molar-refractivity contribution >= 4 is 0 Å². The highest BCUT2D eigenvalue weighted by Gasteiger charge is 2.65. The molecule has 3 nitrogen and oxygen atoms in total. The zero-order valence-electron chi connectivity index (χ0n) is 21.3. The SMILES string of the molecule is CC(C)[C@@H](C)[C@H]1C[C@@H]1[C@@H](C)[C@H]1CC[C@H]2C3=C[C@@H](O)[C@@]4(O)C[C@@H](O)CC[C@]4(C)[C@H]3CC[C@]12C. The number of allylic oxidation sites excluding steroid dienone is 1. The average Bonchev–Trinajstić information content (AvgIpc) is 3.44. The van der Waals surface area contributed by atoms with E-state index in [1.165, 1.54) is 31.3 Å². The summed E-state index contributed by atoms with van der Waals surface area (Å²) in [6, 6.07) is 0. The molecule has 182 valence electrons. The second-order valence-corrected chi connectivity index (χ2v) is 13.7. The average molecular weight is 445 g/mol. The van der Waals surface area contributed by atoms with Gasteiger partial charge in [0, 0.05) is 11.8 Å². The highest BCUT2D eigenvalue weighted by atomic mass is 16.3. The topological polar surface area (TPSA) is 60.7 Å². The predicted molar refractivity (Wildman–Crippen MR) is 129 cm³/mol. The normalized spacial score (nSPS) is 54.3. The van der Waals surface area contributed by atoms with Gasteiger partial charge in [0.1, 0.15) is 11.7 Å². The second-order valence-electron chi connectivity index (χ2n) is 13.7. The third-order valence-corrected chi connectivity index (χ3v) is 12.3. The lowest BCUT2D eigenvalue weighted by atomic mass is 9.45. The van der Waals surface area contributed by atoms with Gasteiger partial charge in [-0.3, -0.25) is 0 Å². The summed E-state index contributed by atoms with van der Waals surface area (Å²) in [7, 11) is 0. The molecule has 3 heteroatoms. The van der Waals surface area contributed by atoms with Crippen LogP contribution >= 0.6 is 0 Å². The fourth-order valence-corrected chi connectivity index (χ4v) is 9.69. The van der Waals surface area contributed by atoms with Crippen LogP contribution in [-0.4, -0.2) is 33.1 Å². The molecule has 0 aromatic rings. The first-order chi connectivity index (χ1) is 14.9. The highest BCUT2D eigenvalue weighted by Crippen LogP contribution is 2.69. The van der Waals surface area contributed by atoms with Crippen molar-refractivity contribution in [3.63, 3.8) is 0 Å². The molecule has 0 aliphatic heterocycles. The number of rotatable bonds is 4. The van der Waals surface area contributed by atoms with E-state index in [9.17, 15) is 15.3 Å². The summed E-state index contributed by atoms with van der Waals surface area (Å²) in [5, 5.41) is 33.1. The van der Waals surface area contributed by atoms with Crippen LogP contribution in [0.2, 0.25) is 0 Å². The number of hydrogen-bond donors (Lipinski definition) is 3. The maximum atomic E-state index is 11.6. The van der Waals surface area contributed by atoms with E-state index in [0.29, 0.717) is 23.7 Å². The van der Waals surface area contributed by atoms with Gasteiger partial charge in [0.05, 0.1) is 6.10 Å². The largest absolute Gasteiger partial charge is 0.393 e. The second kappa shape index (κ2) is 7.56. The fourth-order valence-electron chi connectivity index (χ4n) is 9.69. The van der Waals surface area contributed by atoms with Crippen molar-refractivity contribution < 1.29 is 15.3 Å². The summed E-state index contributed by atoms with van der Waals surface area (Å²) >= 11 is 0. The zero-order valence-corrected chi connectivity index (χ0v) is 21.3. The molecule has 12 atom stereocenters. The maximum absolute atomic E-state index is 11.6. The standard InChI is InChI=1S/C29H48O3/c1-16(2)17(3)20-13-21(20)18(4)23-7-8-24-22-14-26(31)29(32)15-19(30)9-12-28(29,6)25(22)10-11-27(23,24)5/h14,16-21,23-26,30-32H,7-13,15H2,1-6H3/t17-,18-,19+,20-,21-,23-,24+,25+,26-,27-,28-,29+/m1/s1. The summed E-state index contributed by atoms with van der Waals surface area (Å²) < 4.78 is 0. The fraction of sp³-hybridized carbons (Fsp3) is 0.931. The minimum Gasteiger partial charge on any atom is -0.393 e. The van der Waals surface area contributed by atoms with E-state index in [-0.39, 0.29) is 5.41 Å². The summed E-state index contributed by atoms with van der Waals surface area (Å²) in [4.78, 5) is 0. The van der Waals surface area contributed by atoms with Crippen LogP contribution in [0.3, 0.4) is 0 Å². The quantitative estimate of drug-likeness (QED) is 0.496. The molecule has 0 spiro atoms. The third kappa shape index (κ3) is 3.09. The summed E-state index contributed by atoms with van der Waals surface area (Å²) in [5.41, 5.74) is 0.281. The Kier molecular flexibility index (Phi) is 5.52. The van der Waals surface area contributed by atoms with Crippen molar-refractivity contribution in [2.45, 2.75) is 111 Å². The molecule has 0 aromatic carbocycles. The van der Waals surface area contributed by atoms with Crippen LogP contribution in [0.4, 0.5) is 0 Å². The lowest BCUT2D eigenvalue weighted by Crippen LogP contribution is -2.65. The van der Waals surface area contributed by atoms with E-state index in [1.54, 1.807) is 0 Å². The molecular weight excluding hydrogens is 396 g/mol. The predicted octanol–water partition coefficient (Wildman–Crippen LogP) is 5.58. The van der Waals surface area contributed by atoms with E-state index in [0.717, 1.165) is 54.8 Å². The first-order valence-electron chi connectivity index (χ1n) is 13.7. The van der Waals surface area contributed by atoms with Crippen molar-refractivity contribution in [2.24, 2.45) is 58.2 Å². The van der Waals surface area contributed by atoms with E-state index >= 15 is 0 Å². The third-order valence-electron chi connectivity index (χ3n) is 12.3. The molecule has 0 bridgehead atoms. The van der Waals surface area contributed by atoms with Gasteiger partial charge in [-0.2, -0.15) is 0 Å². The van der Waals surface area contributed by atoms with Crippen LogP contribution < -0.4 is 0 Å². The Labute approximate surface area is 196 Å². The Morgan fingerprint density at radius 2 is 1.62 bits per heavy atom. The lowest BCUT2D eigenvalue weighted by molar-refractivity contribution is -0.210. The smallest absolute Gasteiger partial charge is 0.102 e. The van der Waals surface area contributed by atoms with E-state index < -0.39 is 17.8 Å². The van der Waals surface area contributed by atoms with Crippen LogP contribution in [-0.2, 0) is 0 Å². The minimum absolute atomic E-state index is 0.309. The molecule has 3 N–H and O–H groups in total. The molecule has 0 unspecified atom stereocenters. The van der Waals surface area contributed by atoms with Gasteiger partial charge in [0.2, 0.25) is 0 Å². The zero-order chi connectivity index (χ0) is 23.2. The molecule has 0 aromatic heterocycles. The van der Waals surface area contributed by atoms with Crippen molar-refractivity contribution in [1.29, 1.82) is 0 Å². The van der Waals surface area contributed by atoms with Crippen LogP contribution in [0.25, 0.3) is 0 Å². The van der Waals surface area contributed by atoms with E-state index in [2.05, 4.69) is 47.6 Å². The molecule has 32 heavy (non-hydrogen) atoms. The molecule has 4 fully saturated rings. The van der Waals surface area contributed by atoms with Crippen LogP contribution in [0.5, 0.6) is 0 Å². The van der Waals surface area contributed by atoms with Crippen molar-refractivity contribution in [3.8, 4) is 0 Å². The van der Waals surface area contributed by atoms with Gasteiger partial charge in [0.25, 0.3) is 0 Å². The van der Waals surface area contributed by atoms with Crippen LogP contribution in [0.15, 0.2) is 11.6 Å². The Morgan fingerprint density at radius 1 is 0.906 bits per heavy atom. The number of hydrogen-bond acceptors (Lipinski definition) is 3. The van der Waals surface area contributed by atoms with Crippen molar-refractivity contribution in [2.75, 3.05) is 0 Å². The Balaban J connectivity index is 1.40. The van der Waals surface area contributed by atoms with Gasteiger partial charge in [-0.05, 0) is 97.7 Å². The van der Waals surface area contributed by atoms with Gasteiger partial charge in [0.15, 0.2) is 0 Å². The number of fused-ring (bicyclic) bond motifs is 5. The maximum Gasteiger partial charge on any atom is 0.102 e. The van der Waals surface area contributed by atoms with Gasteiger partial charge >= 0.3 is 0 Å². The monoisotopic (exact) mass is 444 g/mol. The van der Waals surface area contributed by atoms with E-state index in [1.807, 2.05) is 0 Å². The Hall–Kier alpha value is -0.380. The van der Waals surface area contributed by atoms with Gasteiger partial charge in [-0.15, -0.1) is 0 Å². The van der Waals surface area contributed by atoms with Crippen molar-refractivity contribution in [1.82, 2.24) is 0 Å². The Morgan fingerprint density at radius 3 is 2.31 bits per heavy atom. The van der Waals surface area contributed by atoms with E-state index in [4.69, 9.17) is 0 Å². The highest BCUT2D eigenvalue weighted by molar-refractivity contribution is 5.33. The molecule has 0 amide bonds. The van der Waals surface area contributed by atoms with Gasteiger partial charge in [-0.1, -0.05) is 53.2 Å². The Bertz CT molecular complexity index is 774. The molecule has 5 aliphatic rings. The van der Waals surface area contributed by atoms with Crippen molar-refractivity contribution in [3.05, 3.63) is 11.6 Å². The minimum atomic E-state index is -1.19. The number of aliphatic hydroxyl groups excluding tert-OH is 2. The van der Waals surface area contributed by atoms with Gasteiger partial charge < -0.3 is 15.3 Å². The van der Waals surface area contributed by atoms with Crippen LogP contribution in [0, 0.1) is 58.2 Å². The molecular formula is C29H48O3. The first-order valence-corrected chi connectivity index (χ1v) is 13.7. The first kappa shape index (κ1) is 23.4. The summed E-state index contributed by atoms with van der Waals surface area (Å²) in [5.74, 6) is 5.91. The van der Waals surface area contributed by atoms with Crippen LogP contribution in [0.1, 0.15) is 92.9 Å². The molecule has 0 radical (unpaired) electrons. The van der Waals surface area contributed by atoms with Gasteiger partial charge in [-0.25, -0.2) is 0 Å². The number of aliphatic hydroxyl groups is 3. The summed E-state index contributed by atoms with van der Waals surface area (Å²) in [6.07, 6.45) is 8.93. The molecule has 4 saturated carbocycles. The molecule has 0 saturated heterocycles.